The summed E-state index contributed by atoms with van der Waals surface area (Å²) in [6.07, 6.45) is 0.501. The Bertz CT molecular complexity index is 319. The maximum atomic E-state index is 12.8. The van der Waals surface area contributed by atoms with E-state index in [1.165, 1.54) is 12.1 Å². The number of ether oxygens (including phenoxy) is 1. The van der Waals surface area contributed by atoms with Gasteiger partial charge in [-0.05, 0) is 24.1 Å². The number of rotatable bonds is 3. The lowest BCUT2D eigenvalue weighted by Crippen LogP contribution is -2.29. The van der Waals surface area contributed by atoms with Crippen LogP contribution in [0.1, 0.15) is 5.56 Å². The first-order valence-electron chi connectivity index (χ1n) is 4.47. The summed E-state index contributed by atoms with van der Waals surface area (Å²) in [5.41, 5.74) is 6.32. The lowest BCUT2D eigenvalue weighted by Gasteiger charge is -2.08. The van der Waals surface area contributed by atoms with Gasteiger partial charge in [0.15, 0.2) is 0 Å². The predicted octanol–water partition coefficient (Wildman–Crippen LogP) is 1.23. The number of hydrogen-bond donors (Lipinski definition) is 1. The first kappa shape index (κ1) is 9.55. The van der Waals surface area contributed by atoms with Crippen molar-refractivity contribution >= 4 is 0 Å². The fourth-order valence-corrected chi connectivity index (χ4v) is 1.44. The van der Waals surface area contributed by atoms with Crippen LogP contribution < -0.4 is 5.73 Å². The molecule has 0 unspecified atom stereocenters. The summed E-state index contributed by atoms with van der Waals surface area (Å²) in [6.45, 7) is 0.652. The molecule has 2 rings (SSSR count). The van der Waals surface area contributed by atoms with E-state index < -0.39 is 11.6 Å². The molecular formula is C10H11F2NO. The van der Waals surface area contributed by atoms with E-state index in [0.717, 1.165) is 6.07 Å². The van der Waals surface area contributed by atoms with Gasteiger partial charge in [0.2, 0.25) is 0 Å². The third kappa shape index (κ3) is 2.27. The van der Waals surface area contributed by atoms with Crippen molar-refractivity contribution in [3.63, 3.8) is 0 Å². The number of halogens is 2. The van der Waals surface area contributed by atoms with Gasteiger partial charge in [0.25, 0.3) is 0 Å². The van der Waals surface area contributed by atoms with Crippen molar-refractivity contribution in [1.82, 2.24) is 0 Å². The number of hydrogen-bond acceptors (Lipinski definition) is 2. The average Bonchev–Trinajstić information content (AvgIpc) is 2.82. The third-order valence-corrected chi connectivity index (χ3v) is 2.23. The van der Waals surface area contributed by atoms with E-state index in [9.17, 15) is 8.78 Å². The molecule has 4 heteroatoms. The maximum Gasteiger partial charge on any atom is 0.126 e. The average molecular weight is 199 g/mol. The van der Waals surface area contributed by atoms with E-state index in [1.807, 2.05) is 0 Å². The summed E-state index contributed by atoms with van der Waals surface area (Å²) in [7, 11) is 0. The van der Waals surface area contributed by atoms with Crippen LogP contribution in [-0.2, 0) is 11.2 Å². The van der Waals surface area contributed by atoms with E-state index in [2.05, 4.69) is 0 Å². The van der Waals surface area contributed by atoms with Gasteiger partial charge in [-0.1, -0.05) is 0 Å². The van der Waals surface area contributed by atoms with Crippen LogP contribution in [0.25, 0.3) is 0 Å². The second-order valence-corrected chi connectivity index (χ2v) is 3.52. The Hall–Kier alpha value is -1.00. The standard InChI is InChI=1S/C10H11F2NO/c11-7-1-6(2-8(12)4-7)3-9(13)10-5-14-10/h1-2,4,9-10H,3,5,13H2/t9-,10+/m0/s1. The van der Waals surface area contributed by atoms with Gasteiger partial charge >= 0.3 is 0 Å². The van der Waals surface area contributed by atoms with Gasteiger partial charge in [0.1, 0.15) is 11.6 Å². The molecule has 2 nitrogen and oxygen atoms in total. The Morgan fingerprint density at radius 2 is 1.93 bits per heavy atom. The van der Waals surface area contributed by atoms with Gasteiger partial charge in [-0.15, -0.1) is 0 Å². The molecule has 1 aliphatic heterocycles. The minimum absolute atomic E-state index is 0.0568. The van der Waals surface area contributed by atoms with Crippen LogP contribution in [0.4, 0.5) is 8.78 Å². The van der Waals surface area contributed by atoms with Gasteiger partial charge in [-0.25, -0.2) is 8.78 Å². The Morgan fingerprint density at radius 1 is 1.36 bits per heavy atom. The highest BCUT2D eigenvalue weighted by Crippen LogP contribution is 2.17. The van der Waals surface area contributed by atoms with Crippen molar-refractivity contribution in [2.24, 2.45) is 5.73 Å². The minimum Gasteiger partial charge on any atom is -0.371 e. The lowest BCUT2D eigenvalue weighted by atomic mass is 10.0. The van der Waals surface area contributed by atoms with Crippen LogP contribution >= 0.6 is 0 Å². The van der Waals surface area contributed by atoms with Gasteiger partial charge in [0, 0.05) is 12.1 Å². The predicted molar refractivity (Wildman–Crippen MR) is 47.8 cm³/mol. The molecule has 0 saturated carbocycles. The zero-order chi connectivity index (χ0) is 10.1. The molecule has 0 spiro atoms. The Labute approximate surface area is 80.7 Å². The van der Waals surface area contributed by atoms with Crippen molar-refractivity contribution in [1.29, 1.82) is 0 Å². The molecule has 1 aromatic rings. The summed E-state index contributed by atoms with van der Waals surface area (Å²) < 4.78 is 30.6. The highest BCUT2D eigenvalue weighted by molar-refractivity contribution is 5.19. The lowest BCUT2D eigenvalue weighted by molar-refractivity contribution is 0.371. The molecule has 14 heavy (non-hydrogen) atoms. The molecule has 0 aliphatic carbocycles. The topological polar surface area (TPSA) is 38.5 Å². The largest absolute Gasteiger partial charge is 0.371 e. The number of nitrogens with two attached hydrogens (primary N) is 1. The van der Waals surface area contributed by atoms with Crippen LogP contribution in [0.15, 0.2) is 18.2 Å². The molecular weight excluding hydrogens is 188 g/mol. The quantitative estimate of drug-likeness (QED) is 0.743. The van der Waals surface area contributed by atoms with Crippen molar-refractivity contribution in [2.45, 2.75) is 18.6 Å². The zero-order valence-corrected chi connectivity index (χ0v) is 7.54. The SMILES string of the molecule is N[C@@H](Cc1cc(F)cc(F)c1)[C@H]1CO1. The zero-order valence-electron chi connectivity index (χ0n) is 7.54. The Kier molecular flexibility index (Phi) is 2.48. The first-order chi connectivity index (χ1) is 6.65. The first-order valence-corrected chi connectivity index (χ1v) is 4.47. The van der Waals surface area contributed by atoms with Crippen molar-refractivity contribution in [3.05, 3.63) is 35.4 Å². The third-order valence-electron chi connectivity index (χ3n) is 2.23. The van der Waals surface area contributed by atoms with Crippen LogP contribution in [0.5, 0.6) is 0 Å². The summed E-state index contributed by atoms with van der Waals surface area (Å²) in [5, 5.41) is 0. The highest BCUT2D eigenvalue weighted by atomic mass is 19.1. The molecule has 0 bridgehead atoms. The number of benzene rings is 1. The molecule has 76 valence electrons. The van der Waals surface area contributed by atoms with Crippen LogP contribution in [0.2, 0.25) is 0 Å². The van der Waals surface area contributed by atoms with Crippen molar-refractivity contribution in [3.8, 4) is 0 Å². The number of epoxide rings is 1. The van der Waals surface area contributed by atoms with Gasteiger partial charge in [-0.2, -0.15) is 0 Å². The Balaban J connectivity index is 2.07. The molecule has 0 aromatic heterocycles. The van der Waals surface area contributed by atoms with E-state index in [1.54, 1.807) is 0 Å². The molecule has 1 saturated heterocycles. The smallest absolute Gasteiger partial charge is 0.126 e. The molecule has 2 atom stereocenters. The summed E-state index contributed by atoms with van der Waals surface area (Å²) in [6, 6.07) is 3.27. The fraction of sp³-hybridized carbons (Fsp3) is 0.400. The molecule has 1 aromatic carbocycles. The molecule has 0 amide bonds. The highest BCUT2D eigenvalue weighted by Gasteiger charge is 2.29. The second kappa shape index (κ2) is 3.63. The monoisotopic (exact) mass is 199 g/mol. The molecule has 2 N–H and O–H groups in total. The second-order valence-electron chi connectivity index (χ2n) is 3.52. The van der Waals surface area contributed by atoms with Crippen LogP contribution in [0.3, 0.4) is 0 Å². The van der Waals surface area contributed by atoms with E-state index in [0.29, 0.717) is 18.6 Å². The van der Waals surface area contributed by atoms with Gasteiger partial charge in [-0.3, -0.25) is 0 Å². The Morgan fingerprint density at radius 3 is 2.43 bits per heavy atom. The fourth-order valence-electron chi connectivity index (χ4n) is 1.44. The van der Waals surface area contributed by atoms with E-state index in [-0.39, 0.29) is 12.1 Å². The maximum absolute atomic E-state index is 12.8. The molecule has 0 radical (unpaired) electrons. The van der Waals surface area contributed by atoms with Crippen molar-refractivity contribution in [2.75, 3.05) is 6.61 Å². The van der Waals surface area contributed by atoms with Gasteiger partial charge < -0.3 is 10.5 Å². The normalized spacial score (nSPS) is 22.1. The summed E-state index contributed by atoms with van der Waals surface area (Å²) in [5.74, 6) is -1.13. The van der Waals surface area contributed by atoms with Crippen molar-refractivity contribution < 1.29 is 13.5 Å². The van der Waals surface area contributed by atoms with E-state index >= 15 is 0 Å². The summed E-state index contributed by atoms with van der Waals surface area (Å²) >= 11 is 0. The van der Waals surface area contributed by atoms with Crippen LogP contribution in [0, 0.1) is 11.6 Å². The van der Waals surface area contributed by atoms with E-state index in [4.69, 9.17) is 10.5 Å². The minimum atomic E-state index is -0.566. The van der Waals surface area contributed by atoms with Gasteiger partial charge in [0.05, 0.1) is 12.7 Å². The van der Waals surface area contributed by atoms with Crippen LogP contribution in [-0.4, -0.2) is 18.8 Å². The molecule has 1 aliphatic rings. The molecule has 1 fully saturated rings. The molecule has 1 heterocycles. The summed E-state index contributed by atoms with van der Waals surface area (Å²) in [4.78, 5) is 0.